The summed E-state index contributed by atoms with van der Waals surface area (Å²) in [4.78, 5) is 4.58. The van der Waals surface area contributed by atoms with Gasteiger partial charge in [-0.3, -0.25) is 4.99 Å². The summed E-state index contributed by atoms with van der Waals surface area (Å²) in [5.74, 6) is 2.25. The van der Waals surface area contributed by atoms with Gasteiger partial charge in [-0.1, -0.05) is 26.2 Å². The minimum absolute atomic E-state index is 0.723. The number of rotatable bonds is 2. The van der Waals surface area contributed by atoms with Gasteiger partial charge in [-0.25, -0.2) is 0 Å². The normalized spacial score (nSPS) is 32.2. The molecule has 1 heterocycles. The van der Waals surface area contributed by atoms with Crippen LogP contribution in [0, 0.1) is 5.92 Å². The van der Waals surface area contributed by atoms with Crippen LogP contribution in [0.2, 0.25) is 0 Å². The van der Waals surface area contributed by atoms with E-state index in [9.17, 15) is 0 Å². The lowest BCUT2D eigenvalue weighted by atomic mass is 9.84. The molecule has 2 unspecified atom stereocenters. The van der Waals surface area contributed by atoms with Crippen LogP contribution in [-0.2, 0) is 0 Å². The molecule has 1 fully saturated rings. The smallest absolute Gasteiger partial charge is 0.0965 e. The number of aliphatic imine (C=N–C) groups is 1. The zero-order valence-electron chi connectivity index (χ0n) is 9.97. The molecule has 2 nitrogen and oxygen atoms in total. The summed E-state index contributed by atoms with van der Waals surface area (Å²) in [6.45, 7) is 3.37. The van der Waals surface area contributed by atoms with Gasteiger partial charge in [0.25, 0.3) is 0 Å². The Bertz CT molecular complexity index is 223. The van der Waals surface area contributed by atoms with Gasteiger partial charge in [-0.2, -0.15) is 0 Å². The Morgan fingerprint density at radius 1 is 1.27 bits per heavy atom. The van der Waals surface area contributed by atoms with Gasteiger partial charge in [0.15, 0.2) is 0 Å². The van der Waals surface area contributed by atoms with Crippen molar-refractivity contribution in [3.8, 4) is 0 Å². The van der Waals surface area contributed by atoms with Gasteiger partial charge < -0.3 is 5.32 Å². The Balaban J connectivity index is 1.80. The van der Waals surface area contributed by atoms with Gasteiger partial charge in [0.05, 0.1) is 5.84 Å². The highest BCUT2D eigenvalue weighted by atomic mass is 15.0. The number of hydrogen-bond donors (Lipinski definition) is 1. The highest BCUT2D eigenvalue weighted by Gasteiger charge is 2.21. The van der Waals surface area contributed by atoms with E-state index in [2.05, 4.69) is 17.2 Å². The molecule has 0 amide bonds. The molecule has 0 aromatic rings. The minimum atomic E-state index is 0.723. The zero-order chi connectivity index (χ0) is 10.5. The molecule has 1 aliphatic carbocycles. The lowest BCUT2D eigenvalue weighted by molar-refractivity contribution is 0.298. The van der Waals surface area contributed by atoms with Crippen molar-refractivity contribution < 1.29 is 0 Å². The first-order valence-corrected chi connectivity index (χ1v) is 6.68. The second-order valence-electron chi connectivity index (χ2n) is 5.07. The second-order valence-corrected chi connectivity index (χ2v) is 5.07. The van der Waals surface area contributed by atoms with Crippen LogP contribution in [0.3, 0.4) is 0 Å². The van der Waals surface area contributed by atoms with Crippen LogP contribution in [0.5, 0.6) is 0 Å². The number of nitrogens with one attached hydrogen (secondary N) is 1. The molecule has 2 heteroatoms. The average Bonchev–Trinajstić information content (AvgIpc) is 2.31. The van der Waals surface area contributed by atoms with Crippen LogP contribution >= 0.6 is 0 Å². The number of hydrogen-bond acceptors (Lipinski definition) is 2. The van der Waals surface area contributed by atoms with Crippen molar-refractivity contribution in [2.75, 3.05) is 6.54 Å². The minimum Gasteiger partial charge on any atom is -0.371 e. The van der Waals surface area contributed by atoms with Crippen molar-refractivity contribution in [2.24, 2.45) is 10.9 Å². The molecule has 86 valence electrons. The summed E-state index contributed by atoms with van der Waals surface area (Å²) in [6, 6.07) is 0.723. The van der Waals surface area contributed by atoms with Gasteiger partial charge >= 0.3 is 0 Å². The molecule has 0 bridgehead atoms. The predicted octanol–water partition coefficient (Wildman–Crippen LogP) is 3.13. The maximum absolute atomic E-state index is 4.58. The maximum Gasteiger partial charge on any atom is 0.0965 e. The fraction of sp³-hybridized carbons (Fsp3) is 0.923. The standard InChI is InChI=1S/C13H24N2/c1-2-11-6-5-7-12(10-11)15-13-8-3-4-9-14-13/h11-12H,2-10H2,1H3,(H,14,15). The molecule has 1 N–H and O–H groups in total. The third-order valence-corrected chi connectivity index (χ3v) is 3.86. The van der Waals surface area contributed by atoms with Crippen LogP contribution < -0.4 is 5.32 Å². The molecule has 0 radical (unpaired) electrons. The maximum atomic E-state index is 4.58. The van der Waals surface area contributed by atoms with E-state index in [1.165, 1.54) is 57.2 Å². The highest BCUT2D eigenvalue weighted by Crippen LogP contribution is 2.26. The van der Waals surface area contributed by atoms with Crippen molar-refractivity contribution in [3.63, 3.8) is 0 Å². The SMILES string of the molecule is CCC1CCCC(NC2=NCCCC2)C1. The van der Waals surface area contributed by atoms with Gasteiger partial charge in [0, 0.05) is 19.0 Å². The van der Waals surface area contributed by atoms with Crippen molar-refractivity contribution in [1.82, 2.24) is 5.32 Å². The van der Waals surface area contributed by atoms with E-state index < -0.39 is 0 Å². The Morgan fingerprint density at radius 2 is 2.20 bits per heavy atom. The summed E-state index contributed by atoms with van der Waals surface area (Å²) >= 11 is 0. The van der Waals surface area contributed by atoms with E-state index in [1.807, 2.05) is 0 Å². The third kappa shape index (κ3) is 3.22. The molecular formula is C13H24N2. The third-order valence-electron chi connectivity index (χ3n) is 3.86. The van der Waals surface area contributed by atoms with Crippen molar-refractivity contribution in [3.05, 3.63) is 0 Å². The first kappa shape index (κ1) is 11.0. The predicted molar refractivity (Wildman–Crippen MR) is 65.3 cm³/mol. The average molecular weight is 208 g/mol. The lowest BCUT2D eigenvalue weighted by Gasteiger charge is -2.30. The topological polar surface area (TPSA) is 24.4 Å². The molecule has 1 aliphatic heterocycles. The number of nitrogens with zero attached hydrogens (tertiary/aromatic N) is 1. The summed E-state index contributed by atoms with van der Waals surface area (Å²) in [7, 11) is 0. The molecule has 2 aliphatic rings. The molecule has 15 heavy (non-hydrogen) atoms. The summed E-state index contributed by atoms with van der Waals surface area (Å²) < 4.78 is 0. The Kier molecular flexibility index (Phi) is 4.04. The molecule has 2 atom stereocenters. The monoisotopic (exact) mass is 208 g/mol. The van der Waals surface area contributed by atoms with Crippen LogP contribution in [0.25, 0.3) is 0 Å². The van der Waals surface area contributed by atoms with Gasteiger partial charge in [0.1, 0.15) is 0 Å². The van der Waals surface area contributed by atoms with Crippen LogP contribution in [0.15, 0.2) is 4.99 Å². The summed E-state index contributed by atoms with van der Waals surface area (Å²) in [5, 5.41) is 3.67. The molecule has 2 rings (SSSR count). The van der Waals surface area contributed by atoms with E-state index in [1.54, 1.807) is 0 Å². The quantitative estimate of drug-likeness (QED) is 0.741. The molecule has 0 spiro atoms. The summed E-state index contributed by atoms with van der Waals surface area (Å²) in [5.41, 5.74) is 0. The first-order chi connectivity index (χ1) is 7.38. The second kappa shape index (κ2) is 5.53. The molecular weight excluding hydrogens is 184 g/mol. The molecule has 0 saturated heterocycles. The van der Waals surface area contributed by atoms with Gasteiger partial charge in [-0.05, 0) is 31.6 Å². The zero-order valence-corrected chi connectivity index (χ0v) is 9.97. The molecule has 1 saturated carbocycles. The Morgan fingerprint density at radius 3 is 2.93 bits per heavy atom. The van der Waals surface area contributed by atoms with E-state index in [-0.39, 0.29) is 0 Å². The van der Waals surface area contributed by atoms with Crippen molar-refractivity contribution in [2.45, 2.75) is 64.3 Å². The largest absolute Gasteiger partial charge is 0.371 e. The van der Waals surface area contributed by atoms with Crippen LogP contribution in [0.4, 0.5) is 0 Å². The Labute approximate surface area is 93.6 Å². The highest BCUT2D eigenvalue weighted by molar-refractivity contribution is 5.82. The van der Waals surface area contributed by atoms with Crippen LogP contribution in [-0.4, -0.2) is 18.4 Å². The molecule has 0 aromatic heterocycles. The first-order valence-electron chi connectivity index (χ1n) is 6.68. The van der Waals surface area contributed by atoms with Gasteiger partial charge in [-0.15, -0.1) is 0 Å². The van der Waals surface area contributed by atoms with E-state index >= 15 is 0 Å². The fourth-order valence-electron chi connectivity index (χ4n) is 2.84. The van der Waals surface area contributed by atoms with Crippen molar-refractivity contribution >= 4 is 5.84 Å². The van der Waals surface area contributed by atoms with Crippen molar-refractivity contribution in [1.29, 1.82) is 0 Å². The van der Waals surface area contributed by atoms with E-state index in [0.717, 1.165) is 18.5 Å². The lowest BCUT2D eigenvalue weighted by Crippen LogP contribution is -2.39. The van der Waals surface area contributed by atoms with Gasteiger partial charge in [0.2, 0.25) is 0 Å². The van der Waals surface area contributed by atoms with E-state index in [4.69, 9.17) is 0 Å². The fourth-order valence-corrected chi connectivity index (χ4v) is 2.84. The van der Waals surface area contributed by atoms with E-state index in [0.29, 0.717) is 0 Å². The summed E-state index contributed by atoms with van der Waals surface area (Å²) in [6.07, 6.45) is 10.7. The number of amidine groups is 1. The Hall–Kier alpha value is -0.530. The van der Waals surface area contributed by atoms with Crippen LogP contribution in [0.1, 0.15) is 58.3 Å². The molecule has 0 aromatic carbocycles.